The highest BCUT2D eigenvalue weighted by Gasteiger charge is 2.13. The summed E-state index contributed by atoms with van der Waals surface area (Å²) in [7, 11) is 0. The molecule has 0 aliphatic heterocycles. The van der Waals surface area contributed by atoms with Crippen molar-refractivity contribution < 1.29 is 9.53 Å². The quantitative estimate of drug-likeness (QED) is 0.231. The molecule has 0 aromatic rings. The van der Waals surface area contributed by atoms with Crippen LogP contribution in [0.3, 0.4) is 0 Å². The smallest absolute Gasteiger partial charge is 0.306 e. The SMILES string of the molecule is CCCCCCCCC(CCCCCC)OC(=O)CCCC. The maximum atomic E-state index is 11.9. The summed E-state index contributed by atoms with van der Waals surface area (Å²) in [5.41, 5.74) is 0. The van der Waals surface area contributed by atoms with Crippen LogP contribution in [0.2, 0.25) is 0 Å². The van der Waals surface area contributed by atoms with Crippen LogP contribution in [0.5, 0.6) is 0 Å². The molecule has 0 spiro atoms. The molecule has 0 aliphatic rings. The number of hydrogen-bond acceptors (Lipinski definition) is 2. The minimum absolute atomic E-state index is 0.0216. The highest BCUT2D eigenvalue weighted by molar-refractivity contribution is 5.69. The third-order valence-corrected chi connectivity index (χ3v) is 4.29. The summed E-state index contributed by atoms with van der Waals surface area (Å²) in [6.45, 7) is 6.60. The Hall–Kier alpha value is -0.530. The molecule has 2 heteroatoms. The van der Waals surface area contributed by atoms with Crippen molar-refractivity contribution >= 4 is 5.97 Å². The summed E-state index contributed by atoms with van der Waals surface area (Å²) in [5, 5.41) is 0. The first-order chi connectivity index (χ1) is 10.7. The third kappa shape index (κ3) is 14.4. The first kappa shape index (κ1) is 21.5. The molecule has 0 aromatic carbocycles. The van der Waals surface area contributed by atoms with Gasteiger partial charge >= 0.3 is 5.97 Å². The lowest BCUT2D eigenvalue weighted by Crippen LogP contribution is -2.18. The van der Waals surface area contributed by atoms with Crippen LogP contribution in [-0.4, -0.2) is 12.1 Å². The van der Waals surface area contributed by atoms with Crippen LogP contribution in [0, 0.1) is 0 Å². The van der Waals surface area contributed by atoms with Gasteiger partial charge in [0, 0.05) is 6.42 Å². The fraction of sp³-hybridized carbons (Fsp3) is 0.950. The maximum absolute atomic E-state index is 11.9. The number of unbranched alkanes of at least 4 members (excludes halogenated alkanes) is 9. The Labute approximate surface area is 139 Å². The van der Waals surface area contributed by atoms with Gasteiger partial charge in [-0.1, -0.05) is 78.6 Å². The first-order valence-corrected chi connectivity index (χ1v) is 9.94. The highest BCUT2D eigenvalue weighted by atomic mass is 16.5. The van der Waals surface area contributed by atoms with Crippen molar-refractivity contribution in [2.45, 2.75) is 123 Å². The van der Waals surface area contributed by atoms with E-state index in [1.165, 1.54) is 64.2 Å². The van der Waals surface area contributed by atoms with Crippen molar-refractivity contribution in [2.75, 3.05) is 0 Å². The van der Waals surface area contributed by atoms with E-state index in [9.17, 15) is 4.79 Å². The van der Waals surface area contributed by atoms with Crippen molar-refractivity contribution in [3.8, 4) is 0 Å². The average Bonchev–Trinajstić information content (AvgIpc) is 2.52. The van der Waals surface area contributed by atoms with Crippen molar-refractivity contribution in [1.29, 1.82) is 0 Å². The van der Waals surface area contributed by atoms with Gasteiger partial charge in [-0.25, -0.2) is 0 Å². The molecular formula is C20H40O2. The predicted molar refractivity (Wildman–Crippen MR) is 96.2 cm³/mol. The largest absolute Gasteiger partial charge is 0.462 e. The third-order valence-electron chi connectivity index (χ3n) is 4.29. The van der Waals surface area contributed by atoms with Crippen LogP contribution < -0.4 is 0 Å². The van der Waals surface area contributed by atoms with Crippen LogP contribution in [0.15, 0.2) is 0 Å². The zero-order valence-electron chi connectivity index (χ0n) is 15.5. The summed E-state index contributed by atoms with van der Waals surface area (Å²) in [5.74, 6) is 0.0216. The number of rotatable bonds is 16. The molecule has 1 atom stereocenters. The molecule has 0 heterocycles. The molecule has 0 radical (unpaired) electrons. The van der Waals surface area contributed by atoms with Crippen molar-refractivity contribution in [3.05, 3.63) is 0 Å². The summed E-state index contributed by atoms with van der Waals surface area (Å²) >= 11 is 0. The summed E-state index contributed by atoms with van der Waals surface area (Å²) in [4.78, 5) is 11.9. The van der Waals surface area contributed by atoms with Crippen molar-refractivity contribution in [1.82, 2.24) is 0 Å². The summed E-state index contributed by atoms with van der Waals surface area (Å²) < 4.78 is 5.72. The number of esters is 1. The standard InChI is InChI=1S/C20H40O2/c1-4-7-10-12-13-15-17-19(16-14-11-8-5-2)22-20(21)18-9-6-3/h19H,4-18H2,1-3H3. The predicted octanol–water partition coefficient (Wildman–Crippen LogP) is 6.81. The Bertz CT molecular complexity index is 238. The van der Waals surface area contributed by atoms with Gasteiger partial charge in [0.25, 0.3) is 0 Å². The Balaban J connectivity index is 3.91. The molecule has 0 amide bonds. The topological polar surface area (TPSA) is 26.3 Å². The molecule has 22 heavy (non-hydrogen) atoms. The van der Waals surface area contributed by atoms with E-state index >= 15 is 0 Å². The second-order valence-electron chi connectivity index (χ2n) is 6.62. The van der Waals surface area contributed by atoms with Crippen LogP contribution in [0.25, 0.3) is 0 Å². The van der Waals surface area contributed by atoms with Gasteiger partial charge in [0.05, 0.1) is 0 Å². The molecule has 132 valence electrons. The zero-order valence-corrected chi connectivity index (χ0v) is 15.5. The Morgan fingerprint density at radius 1 is 0.682 bits per heavy atom. The van der Waals surface area contributed by atoms with Crippen molar-refractivity contribution in [2.24, 2.45) is 0 Å². The average molecular weight is 313 g/mol. The molecule has 0 saturated heterocycles. The van der Waals surface area contributed by atoms with E-state index in [0.717, 1.165) is 25.7 Å². The minimum Gasteiger partial charge on any atom is -0.462 e. The van der Waals surface area contributed by atoms with E-state index in [0.29, 0.717) is 6.42 Å². The molecule has 2 nitrogen and oxygen atoms in total. The van der Waals surface area contributed by atoms with E-state index in [2.05, 4.69) is 20.8 Å². The van der Waals surface area contributed by atoms with E-state index in [1.807, 2.05) is 0 Å². The Morgan fingerprint density at radius 2 is 1.14 bits per heavy atom. The summed E-state index contributed by atoms with van der Waals surface area (Å²) in [6, 6.07) is 0. The molecular weight excluding hydrogens is 272 g/mol. The number of ether oxygens (including phenoxy) is 1. The molecule has 0 fully saturated rings. The van der Waals surface area contributed by atoms with Gasteiger partial charge < -0.3 is 4.74 Å². The van der Waals surface area contributed by atoms with Gasteiger partial charge in [0.2, 0.25) is 0 Å². The molecule has 0 rings (SSSR count). The molecule has 0 N–H and O–H groups in total. The molecule has 0 aliphatic carbocycles. The van der Waals surface area contributed by atoms with Crippen LogP contribution in [-0.2, 0) is 9.53 Å². The maximum Gasteiger partial charge on any atom is 0.306 e. The Kier molecular flexibility index (Phi) is 16.4. The monoisotopic (exact) mass is 312 g/mol. The van der Waals surface area contributed by atoms with Gasteiger partial charge in [-0.15, -0.1) is 0 Å². The Morgan fingerprint density at radius 3 is 1.68 bits per heavy atom. The van der Waals surface area contributed by atoms with Crippen LogP contribution >= 0.6 is 0 Å². The van der Waals surface area contributed by atoms with Gasteiger partial charge in [-0.3, -0.25) is 4.79 Å². The van der Waals surface area contributed by atoms with E-state index < -0.39 is 0 Å². The normalized spacial score (nSPS) is 12.3. The molecule has 0 saturated carbocycles. The van der Waals surface area contributed by atoms with E-state index in [4.69, 9.17) is 4.74 Å². The number of hydrogen-bond donors (Lipinski definition) is 0. The van der Waals surface area contributed by atoms with Gasteiger partial charge in [0.1, 0.15) is 6.10 Å². The van der Waals surface area contributed by atoms with Gasteiger partial charge in [0.15, 0.2) is 0 Å². The van der Waals surface area contributed by atoms with Gasteiger partial charge in [-0.05, 0) is 32.1 Å². The minimum atomic E-state index is 0.0216. The lowest BCUT2D eigenvalue weighted by atomic mass is 10.0. The van der Waals surface area contributed by atoms with E-state index in [-0.39, 0.29) is 12.1 Å². The van der Waals surface area contributed by atoms with E-state index in [1.54, 1.807) is 0 Å². The van der Waals surface area contributed by atoms with Crippen molar-refractivity contribution in [3.63, 3.8) is 0 Å². The molecule has 0 bridgehead atoms. The number of carbonyl (C=O) groups is 1. The van der Waals surface area contributed by atoms with Crippen LogP contribution in [0.4, 0.5) is 0 Å². The zero-order chi connectivity index (χ0) is 16.5. The highest BCUT2D eigenvalue weighted by Crippen LogP contribution is 2.17. The lowest BCUT2D eigenvalue weighted by molar-refractivity contribution is -0.150. The van der Waals surface area contributed by atoms with Gasteiger partial charge in [-0.2, -0.15) is 0 Å². The second-order valence-corrected chi connectivity index (χ2v) is 6.62. The first-order valence-electron chi connectivity index (χ1n) is 9.94. The summed E-state index contributed by atoms with van der Waals surface area (Å²) in [6.07, 6.45) is 17.8. The fourth-order valence-corrected chi connectivity index (χ4v) is 2.78. The fourth-order valence-electron chi connectivity index (χ4n) is 2.78. The molecule has 1 unspecified atom stereocenters. The van der Waals surface area contributed by atoms with Crippen LogP contribution in [0.1, 0.15) is 117 Å². The lowest BCUT2D eigenvalue weighted by Gasteiger charge is -2.18. The second kappa shape index (κ2) is 16.8. The number of carbonyl (C=O) groups excluding carboxylic acids is 1. The molecule has 0 aromatic heterocycles.